The molecule has 0 spiro atoms. The van der Waals surface area contributed by atoms with Crippen molar-refractivity contribution in [3.63, 3.8) is 0 Å². The molecule has 17 heavy (non-hydrogen) atoms. The predicted molar refractivity (Wildman–Crippen MR) is 62.8 cm³/mol. The number of rotatable bonds is 6. The van der Waals surface area contributed by atoms with Crippen LogP contribution in [-0.4, -0.2) is 37.2 Å². The number of hydrogen-bond donors (Lipinski definition) is 3. The molecule has 1 heterocycles. The summed E-state index contributed by atoms with van der Waals surface area (Å²) in [5.41, 5.74) is -0.0635. The van der Waals surface area contributed by atoms with Gasteiger partial charge in [-0.05, 0) is 12.5 Å². The Kier molecular flexibility index (Phi) is 4.63. The molecule has 6 nitrogen and oxygen atoms in total. The smallest absolute Gasteiger partial charge is 0.336 e. The lowest BCUT2D eigenvalue weighted by atomic mass is 10.3. The zero-order valence-electron chi connectivity index (χ0n) is 9.08. The molecule has 0 bridgehead atoms. The fourth-order valence-electron chi connectivity index (χ4n) is 0.991. The van der Waals surface area contributed by atoms with Crippen molar-refractivity contribution in [3.8, 4) is 0 Å². The molecular weight excluding hydrogens is 266 g/mol. The fraction of sp³-hybridized carbons (Fsp3) is 0.444. The molecule has 96 valence electrons. The third-order valence-corrected chi connectivity index (χ3v) is 4.93. The van der Waals surface area contributed by atoms with Gasteiger partial charge in [0.15, 0.2) is 0 Å². The molecule has 0 fully saturated rings. The van der Waals surface area contributed by atoms with E-state index < -0.39 is 22.1 Å². The van der Waals surface area contributed by atoms with Crippen LogP contribution in [0.1, 0.15) is 23.7 Å². The van der Waals surface area contributed by atoms with Gasteiger partial charge in [-0.15, -0.1) is 11.3 Å². The van der Waals surface area contributed by atoms with E-state index in [1.807, 2.05) is 0 Å². The summed E-state index contributed by atoms with van der Waals surface area (Å²) < 4.78 is 25.5. The number of aromatic carboxylic acids is 1. The molecule has 0 amide bonds. The Morgan fingerprint density at radius 1 is 1.59 bits per heavy atom. The van der Waals surface area contributed by atoms with Crippen LogP contribution in [0.15, 0.2) is 15.7 Å². The van der Waals surface area contributed by atoms with Gasteiger partial charge in [-0.3, -0.25) is 0 Å². The molecule has 0 saturated heterocycles. The average molecular weight is 279 g/mol. The molecule has 1 aromatic rings. The van der Waals surface area contributed by atoms with Crippen molar-refractivity contribution in [3.05, 3.63) is 17.0 Å². The van der Waals surface area contributed by atoms with E-state index in [4.69, 9.17) is 5.11 Å². The van der Waals surface area contributed by atoms with Crippen molar-refractivity contribution in [2.45, 2.75) is 23.7 Å². The number of thiophene rings is 1. The molecule has 0 aliphatic heterocycles. The summed E-state index contributed by atoms with van der Waals surface area (Å²) in [7, 11) is -3.73. The maximum Gasteiger partial charge on any atom is 0.336 e. The summed E-state index contributed by atoms with van der Waals surface area (Å²) in [5.74, 6) is -1.17. The third-order valence-electron chi connectivity index (χ3n) is 2.07. The number of carbonyl (C=O) groups is 1. The van der Waals surface area contributed by atoms with Gasteiger partial charge >= 0.3 is 5.97 Å². The SMILES string of the molecule is CCC(O)CNS(=O)(=O)c1cc(C(=O)O)cs1. The normalized spacial score (nSPS) is 13.5. The highest BCUT2D eigenvalue weighted by Gasteiger charge is 2.19. The molecule has 0 aliphatic carbocycles. The maximum atomic E-state index is 11.7. The van der Waals surface area contributed by atoms with Crippen LogP contribution in [-0.2, 0) is 10.0 Å². The van der Waals surface area contributed by atoms with Crippen molar-refractivity contribution in [2.75, 3.05) is 6.54 Å². The number of carboxylic acid groups (broad SMARTS) is 1. The summed E-state index contributed by atoms with van der Waals surface area (Å²) in [6.07, 6.45) is -0.309. The zero-order valence-corrected chi connectivity index (χ0v) is 10.7. The number of carboxylic acids is 1. The van der Waals surface area contributed by atoms with Crippen LogP contribution in [0, 0.1) is 0 Å². The first-order chi connectivity index (χ1) is 7.86. The van der Waals surface area contributed by atoms with E-state index in [0.717, 1.165) is 17.4 Å². The summed E-state index contributed by atoms with van der Waals surface area (Å²) in [5, 5.41) is 19.2. The molecule has 3 N–H and O–H groups in total. The first kappa shape index (κ1) is 14.1. The fourth-order valence-corrected chi connectivity index (χ4v) is 3.26. The quantitative estimate of drug-likeness (QED) is 0.703. The zero-order chi connectivity index (χ0) is 13.1. The number of aliphatic hydroxyl groups is 1. The van der Waals surface area contributed by atoms with Gasteiger partial charge in [0, 0.05) is 11.9 Å². The summed E-state index contributed by atoms with van der Waals surface area (Å²) in [6, 6.07) is 1.09. The van der Waals surface area contributed by atoms with E-state index in [1.165, 1.54) is 5.38 Å². The highest BCUT2D eigenvalue weighted by molar-refractivity contribution is 7.91. The Morgan fingerprint density at radius 2 is 2.24 bits per heavy atom. The summed E-state index contributed by atoms with van der Waals surface area (Å²) >= 11 is 0.831. The van der Waals surface area contributed by atoms with Gasteiger partial charge in [-0.2, -0.15) is 0 Å². The predicted octanol–water partition coefficient (Wildman–Crippen LogP) is 0.496. The second kappa shape index (κ2) is 5.58. The van der Waals surface area contributed by atoms with E-state index in [1.54, 1.807) is 6.92 Å². The van der Waals surface area contributed by atoms with Crippen LogP contribution in [0.25, 0.3) is 0 Å². The maximum absolute atomic E-state index is 11.7. The minimum atomic E-state index is -3.73. The second-order valence-corrected chi connectivity index (χ2v) is 6.28. The molecule has 1 aromatic heterocycles. The number of hydrogen-bond acceptors (Lipinski definition) is 5. The molecule has 1 unspecified atom stereocenters. The van der Waals surface area contributed by atoms with Gasteiger partial charge in [0.05, 0.1) is 11.7 Å². The lowest BCUT2D eigenvalue weighted by Gasteiger charge is -2.08. The van der Waals surface area contributed by atoms with Crippen LogP contribution in [0.4, 0.5) is 0 Å². The monoisotopic (exact) mass is 279 g/mol. The number of nitrogens with one attached hydrogen (secondary N) is 1. The highest BCUT2D eigenvalue weighted by Crippen LogP contribution is 2.19. The molecule has 1 rings (SSSR count). The molecular formula is C9H13NO5S2. The Bertz CT molecular complexity index is 493. The lowest BCUT2D eigenvalue weighted by molar-refractivity contribution is 0.0697. The molecule has 8 heteroatoms. The molecule has 0 radical (unpaired) electrons. The second-order valence-electron chi connectivity index (χ2n) is 3.37. The van der Waals surface area contributed by atoms with E-state index in [9.17, 15) is 18.3 Å². The summed E-state index contributed by atoms with van der Waals surface area (Å²) in [6.45, 7) is 1.64. The topological polar surface area (TPSA) is 104 Å². The largest absolute Gasteiger partial charge is 0.478 e. The minimum Gasteiger partial charge on any atom is -0.478 e. The Labute approximate surface area is 103 Å². The van der Waals surface area contributed by atoms with Gasteiger partial charge in [-0.1, -0.05) is 6.92 Å². The van der Waals surface area contributed by atoms with Gasteiger partial charge in [0.2, 0.25) is 10.0 Å². The molecule has 1 atom stereocenters. The van der Waals surface area contributed by atoms with E-state index in [0.29, 0.717) is 6.42 Å². The first-order valence-electron chi connectivity index (χ1n) is 4.86. The standard InChI is InChI=1S/C9H13NO5S2/c1-2-7(11)4-10-17(14,15)8-3-6(5-16-8)9(12)13/h3,5,7,10-11H,2,4H2,1H3,(H,12,13). The number of aliphatic hydroxyl groups excluding tert-OH is 1. The van der Waals surface area contributed by atoms with Crippen molar-refractivity contribution >= 4 is 27.3 Å². The van der Waals surface area contributed by atoms with Gasteiger partial charge in [0.1, 0.15) is 4.21 Å². The Hall–Kier alpha value is -0.960. The Morgan fingerprint density at radius 3 is 2.71 bits per heavy atom. The van der Waals surface area contributed by atoms with E-state index in [-0.39, 0.29) is 16.3 Å². The van der Waals surface area contributed by atoms with Crippen molar-refractivity contribution in [1.29, 1.82) is 0 Å². The van der Waals surface area contributed by atoms with Crippen LogP contribution in [0.2, 0.25) is 0 Å². The summed E-state index contributed by atoms with van der Waals surface area (Å²) in [4.78, 5) is 10.6. The van der Waals surface area contributed by atoms with Crippen LogP contribution in [0.3, 0.4) is 0 Å². The molecule has 0 aromatic carbocycles. The van der Waals surface area contributed by atoms with E-state index >= 15 is 0 Å². The molecule has 0 aliphatic rings. The van der Waals surface area contributed by atoms with Gasteiger partial charge in [-0.25, -0.2) is 17.9 Å². The van der Waals surface area contributed by atoms with E-state index in [2.05, 4.69) is 4.72 Å². The Balaban J connectivity index is 2.79. The third kappa shape index (κ3) is 3.77. The van der Waals surface area contributed by atoms with Crippen molar-refractivity contribution < 1.29 is 23.4 Å². The van der Waals surface area contributed by atoms with Gasteiger partial charge in [0.25, 0.3) is 0 Å². The van der Waals surface area contributed by atoms with Gasteiger partial charge < -0.3 is 10.2 Å². The van der Waals surface area contributed by atoms with Crippen LogP contribution < -0.4 is 4.72 Å². The highest BCUT2D eigenvalue weighted by atomic mass is 32.2. The van der Waals surface area contributed by atoms with Crippen LogP contribution >= 0.6 is 11.3 Å². The lowest BCUT2D eigenvalue weighted by Crippen LogP contribution is -2.31. The first-order valence-corrected chi connectivity index (χ1v) is 7.22. The number of sulfonamides is 1. The van der Waals surface area contributed by atoms with Crippen molar-refractivity contribution in [2.24, 2.45) is 0 Å². The average Bonchev–Trinajstić information content (AvgIpc) is 2.76. The minimum absolute atomic E-state index is 0.0635. The molecule has 0 saturated carbocycles. The van der Waals surface area contributed by atoms with Crippen molar-refractivity contribution in [1.82, 2.24) is 4.72 Å². The van der Waals surface area contributed by atoms with Crippen LogP contribution in [0.5, 0.6) is 0 Å².